The zero-order valence-electron chi connectivity index (χ0n) is 15.2. The maximum Gasteiger partial charge on any atom is 0.223 e. The van der Waals surface area contributed by atoms with Crippen LogP contribution in [0.4, 0.5) is 4.39 Å². The highest BCUT2D eigenvalue weighted by Crippen LogP contribution is 2.29. The maximum absolute atomic E-state index is 13.6. The molecule has 0 bridgehead atoms. The average Bonchev–Trinajstić information content (AvgIpc) is 2.72. The summed E-state index contributed by atoms with van der Waals surface area (Å²) in [5, 5.41) is 5.73. The third kappa shape index (κ3) is 5.36. The number of rotatable bonds is 6. The summed E-state index contributed by atoms with van der Waals surface area (Å²) in [6.07, 6.45) is 4.42. The third-order valence-electron chi connectivity index (χ3n) is 5.05. The van der Waals surface area contributed by atoms with Crippen LogP contribution < -0.4 is 10.6 Å². The lowest BCUT2D eigenvalue weighted by molar-refractivity contribution is -0.130. The molecule has 1 fully saturated rings. The van der Waals surface area contributed by atoms with Crippen LogP contribution in [0, 0.1) is 17.7 Å². The summed E-state index contributed by atoms with van der Waals surface area (Å²) in [5.74, 6) is -0.538. The molecule has 0 saturated heterocycles. The number of carbonyl (C=O) groups excluding carboxylic acids is 2. The van der Waals surface area contributed by atoms with Gasteiger partial charge in [0, 0.05) is 30.1 Å². The Morgan fingerprint density at radius 1 is 0.889 bits per heavy atom. The van der Waals surface area contributed by atoms with Crippen molar-refractivity contribution in [3.05, 3.63) is 65.7 Å². The number of hydrogen-bond donors (Lipinski definition) is 2. The minimum Gasteiger partial charge on any atom is -0.352 e. The van der Waals surface area contributed by atoms with Crippen LogP contribution in [0.2, 0.25) is 0 Å². The molecule has 1 aliphatic rings. The van der Waals surface area contributed by atoms with Gasteiger partial charge < -0.3 is 10.6 Å². The molecule has 0 aliphatic heterocycles. The van der Waals surface area contributed by atoms with Crippen molar-refractivity contribution in [1.29, 1.82) is 0 Å². The van der Waals surface area contributed by atoms with Crippen LogP contribution in [0.5, 0.6) is 0 Å². The quantitative estimate of drug-likeness (QED) is 0.822. The number of pyridine rings is 1. The van der Waals surface area contributed by atoms with Gasteiger partial charge in [-0.05, 0) is 43.9 Å². The van der Waals surface area contributed by atoms with Gasteiger partial charge >= 0.3 is 0 Å². The van der Waals surface area contributed by atoms with E-state index in [4.69, 9.17) is 0 Å². The van der Waals surface area contributed by atoms with Crippen molar-refractivity contribution in [2.75, 3.05) is 0 Å². The number of carbonyl (C=O) groups is 2. The van der Waals surface area contributed by atoms with Crippen molar-refractivity contribution in [1.82, 2.24) is 15.6 Å². The van der Waals surface area contributed by atoms with Crippen LogP contribution in [-0.4, -0.2) is 16.8 Å². The molecule has 2 N–H and O–H groups in total. The van der Waals surface area contributed by atoms with Crippen molar-refractivity contribution < 1.29 is 14.0 Å². The smallest absolute Gasteiger partial charge is 0.223 e. The number of benzene rings is 1. The third-order valence-corrected chi connectivity index (χ3v) is 5.05. The molecule has 3 rings (SSSR count). The van der Waals surface area contributed by atoms with Gasteiger partial charge in [-0.1, -0.05) is 24.3 Å². The first-order valence-electron chi connectivity index (χ1n) is 9.32. The van der Waals surface area contributed by atoms with Crippen molar-refractivity contribution in [2.24, 2.45) is 11.8 Å². The molecule has 1 aromatic heterocycles. The van der Waals surface area contributed by atoms with Crippen molar-refractivity contribution in [3.63, 3.8) is 0 Å². The first kappa shape index (κ1) is 19.0. The Hall–Kier alpha value is -2.76. The summed E-state index contributed by atoms with van der Waals surface area (Å²) in [5.41, 5.74) is 1.31. The molecule has 1 aromatic carbocycles. The SMILES string of the molecule is O=C(NCc1ccccn1)C1CCC(C(=O)NCc2ccccc2F)CC1. The molecule has 0 unspecified atom stereocenters. The van der Waals surface area contributed by atoms with Gasteiger partial charge in [0.05, 0.1) is 12.2 Å². The Bertz CT molecular complexity index is 774. The molecule has 0 spiro atoms. The van der Waals surface area contributed by atoms with E-state index in [2.05, 4.69) is 15.6 Å². The lowest BCUT2D eigenvalue weighted by Gasteiger charge is -2.27. The number of aromatic nitrogens is 1. The van der Waals surface area contributed by atoms with Gasteiger partial charge in [-0.2, -0.15) is 0 Å². The molecule has 142 valence electrons. The summed E-state index contributed by atoms with van der Waals surface area (Å²) in [7, 11) is 0. The van der Waals surface area contributed by atoms with Crippen LogP contribution >= 0.6 is 0 Å². The summed E-state index contributed by atoms with van der Waals surface area (Å²) >= 11 is 0. The fraction of sp³-hybridized carbons (Fsp3) is 0.381. The van der Waals surface area contributed by atoms with Crippen LogP contribution in [-0.2, 0) is 22.7 Å². The van der Waals surface area contributed by atoms with E-state index in [-0.39, 0.29) is 36.0 Å². The Morgan fingerprint density at radius 3 is 2.07 bits per heavy atom. The number of nitrogens with one attached hydrogen (secondary N) is 2. The maximum atomic E-state index is 13.6. The molecule has 1 heterocycles. The van der Waals surface area contributed by atoms with E-state index < -0.39 is 0 Å². The first-order chi connectivity index (χ1) is 13.1. The van der Waals surface area contributed by atoms with E-state index in [0.717, 1.165) is 5.69 Å². The predicted molar refractivity (Wildman–Crippen MR) is 99.8 cm³/mol. The number of nitrogens with zero attached hydrogens (tertiary/aromatic N) is 1. The highest BCUT2D eigenvalue weighted by molar-refractivity contribution is 5.81. The summed E-state index contributed by atoms with van der Waals surface area (Å²) in [6, 6.07) is 12.0. The Morgan fingerprint density at radius 2 is 1.48 bits per heavy atom. The van der Waals surface area contributed by atoms with Gasteiger partial charge in [-0.3, -0.25) is 14.6 Å². The molecule has 1 aliphatic carbocycles. The second-order valence-electron chi connectivity index (χ2n) is 6.90. The molecule has 0 atom stereocenters. The molecule has 27 heavy (non-hydrogen) atoms. The lowest BCUT2D eigenvalue weighted by atomic mass is 9.81. The molecular weight excluding hydrogens is 345 g/mol. The van der Waals surface area contributed by atoms with Gasteiger partial charge in [0.1, 0.15) is 5.82 Å². The zero-order chi connectivity index (χ0) is 19.1. The Kier molecular flexibility index (Phi) is 6.52. The molecular formula is C21H24FN3O2. The fourth-order valence-electron chi connectivity index (χ4n) is 3.41. The van der Waals surface area contributed by atoms with Crippen LogP contribution in [0.15, 0.2) is 48.7 Å². The normalized spacial score (nSPS) is 19.3. The Labute approximate surface area is 158 Å². The van der Waals surface area contributed by atoms with E-state index in [1.807, 2.05) is 18.2 Å². The van der Waals surface area contributed by atoms with Crippen LogP contribution in [0.25, 0.3) is 0 Å². The van der Waals surface area contributed by atoms with Crippen molar-refractivity contribution in [3.8, 4) is 0 Å². The summed E-state index contributed by atoms with van der Waals surface area (Å²) < 4.78 is 13.6. The standard InChI is InChI=1S/C21H24FN3O2/c22-19-7-2-1-5-17(19)13-24-20(26)15-8-10-16(11-9-15)21(27)25-14-18-6-3-4-12-23-18/h1-7,12,15-16H,8-11,13-14H2,(H,24,26)(H,25,27). The average molecular weight is 369 g/mol. The molecule has 1 saturated carbocycles. The van der Waals surface area contributed by atoms with E-state index in [9.17, 15) is 14.0 Å². The van der Waals surface area contributed by atoms with Gasteiger partial charge in [0.15, 0.2) is 0 Å². The zero-order valence-corrected chi connectivity index (χ0v) is 15.2. The second-order valence-corrected chi connectivity index (χ2v) is 6.90. The van der Waals surface area contributed by atoms with Crippen LogP contribution in [0.3, 0.4) is 0 Å². The molecule has 2 aromatic rings. The number of halogens is 1. The monoisotopic (exact) mass is 369 g/mol. The minimum atomic E-state index is -0.314. The Balaban J connectivity index is 1.40. The van der Waals surface area contributed by atoms with Crippen LogP contribution in [0.1, 0.15) is 36.9 Å². The van der Waals surface area contributed by atoms with Gasteiger partial charge in [-0.25, -0.2) is 4.39 Å². The number of amides is 2. The van der Waals surface area contributed by atoms with Crippen molar-refractivity contribution in [2.45, 2.75) is 38.8 Å². The predicted octanol–water partition coefficient (Wildman–Crippen LogP) is 2.96. The second kappa shape index (κ2) is 9.26. The highest BCUT2D eigenvalue weighted by atomic mass is 19.1. The minimum absolute atomic E-state index is 0.0193. The van der Waals surface area contributed by atoms with Gasteiger partial charge in [0.25, 0.3) is 0 Å². The van der Waals surface area contributed by atoms with E-state index >= 15 is 0 Å². The first-order valence-corrected chi connectivity index (χ1v) is 9.32. The van der Waals surface area contributed by atoms with E-state index in [1.54, 1.807) is 24.4 Å². The summed E-state index contributed by atoms with van der Waals surface area (Å²) in [6.45, 7) is 0.610. The van der Waals surface area contributed by atoms with Crippen molar-refractivity contribution >= 4 is 11.8 Å². The van der Waals surface area contributed by atoms with Gasteiger partial charge in [-0.15, -0.1) is 0 Å². The molecule has 0 radical (unpaired) electrons. The fourth-order valence-corrected chi connectivity index (χ4v) is 3.41. The molecule has 6 heteroatoms. The molecule has 5 nitrogen and oxygen atoms in total. The summed E-state index contributed by atoms with van der Waals surface area (Å²) in [4.78, 5) is 28.8. The molecule has 2 amide bonds. The van der Waals surface area contributed by atoms with E-state index in [0.29, 0.717) is 37.8 Å². The van der Waals surface area contributed by atoms with E-state index in [1.165, 1.54) is 6.07 Å². The lowest BCUT2D eigenvalue weighted by Crippen LogP contribution is -2.37. The topological polar surface area (TPSA) is 71.1 Å². The number of hydrogen-bond acceptors (Lipinski definition) is 3. The largest absolute Gasteiger partial charge is 0.352 e. The highest BCUT2D eigenvalue weighted by Gasteiger charge is 2.29. The van der Waals surface area contributed by atoms with Gasteiger partial charge in [0.2, 0.25) is 11.8 Å².